The van der Waals surface area contributed by atoms with Crippen LogP contribution < -0.4 is 5.09 Å². The van der Waals surface area contributed by atoms with Crippen molar-refractivity contribution in [2.75, 3.05) is 0 Å². The normalized spacial score (nSPS) is 12.8. The molecule has 0 amide bonds. The van der Waals surface area contributed by atoms with E-state index < -0.39 is 13.3 Å². The minimum atomic E-state index is -2.75. The summed E-state index contributed by atoms with van der Waals surface area (Å²) in [4.78, 5) is 10.8. The summed E-state index contributed by atoms with van der Waals surface area (Å²) in [6.07, 6.45) is 2.71. The summed E-state index contributed by atoms with van der Waals surface area (Å²) < 4.78 is 13.2. The molecule has 4 heteroatoms. The average Bonchev–Trinajstić information content (AvgIpc) is 2.48. The van der Waals surface area contributed by atoms with Gasteiger partial charge in [-0.25, -0.2) is 0 Å². The number of rotatable bonds is 7. The second-order valence-corrected chi connectivity index (χ2v) is 7.81. The van der Waals surface area contributed by atoms with Gasteiger partial charge in [0.25, 0.3) is 0 Å². The molecule has 0 heterocycles. The van der Waals surface area contributed by atoms with E-state index in [-0.39, 0.29) is 0 Å². The molecule has 0 aliphatic carbocycles. The molecular formula is C17H19NO2P. The van der Waals surface area contributed by atoms with Gasteiger partial charge < -0.3 is 4.57 Å². The fourth-order valence-corrected chi connectivity index (χ4v) is 4.94. The molecule has 0 spiro atoms. The maximum absolute atomic E-state index is 13.2. The summed E-state index contributed by atoms with van der Waals surface area (Å²) in [6.45, 7) is 1.68. The zero-order valence-corrected chi connectivity index (χ0v) is 12.9. The van der Waals surface area contributed by atoms with Gasteiger partial charge in [-0.3, -0.25) is 9.88 Å². The molecule has 0 saturated carbocycles. The molecule has 0 unspecified atom stereocenters. The second kappa shape index (κ2) is 7.35. The van der Waals surface area contributed by atoms with Gasteiger partial charge in [0.15, 0.2) is 7.29 Å². The fourth-order valence-electron chi connectivity index (χ4n) is 2.28. The predicted octanol–water partition coefficient (Wildman–Crippen LogP) is 3.75. The number of carbonyl (C=O) groups excluding carboxylic acids is 1. The van der Waals surface area contributed by atoms with E-state index in [9.17, 15) is 9.36 Å². The molecule has 0 aliphatic rings. The van der Waals surface area contributed by atoms with Crippen molar-refractivity contribution in [3.05, 3.63) is 71.8 Å². The van der Waals surface area contributed by atoms with Crippen molar-refractivity contribution in [3.63, 3.8) is 0 Å². The minimum Gasteiger partial charge on any atom is -0.306 e. The summed E-state index contributed by atoms with van der Waals surface area (Å²) in [5, 5.41) is 2.97. The molecule has 0 bridgehead atoms. The standard InChI is InChI=1S/C17H19NO2P/c1-15(12-19)18-21(20,13-16-8-4-2-5-9-16)14-17-10-6-3-7-11-17/h2-11,15H,13-14H2,1H3,(H,18,20)/t15-/m0/s1. The molecule has 2 rings (SSSR count). The lowest BCUT2D eigenvalue weighted by Gasteiger charge is -2.21. The van der Waals surface area contributed by atoms with Crippen molar-refractivity contribution >= 4 is 13.6 Å². The van der Waals surface area contributed by atoms with Crippen molar-refractivity contribution < 1.29 is 9.36 Å². The second-order valence-electron chi connectivity index (χ2n) is 5.15. The van der Waals surface area contributed by atoms with Crippen LogP contribution in [0.25, 0.3) is 0 Å². The summed E-state index contributed by atoms with van der Waals surface area (Å²) in [5.41, 5.74) is 2.00. The van der Waals surface area contributed by atoms with Gasteiger partial charge in [0.1, 0.15) is 0 Å². The minimum absolute atomic E-state index is 0.425. The van der Waals surface area contributed by atoms with Crippen LogP contribution in [0.15, 0.2) is 60.7 Å². The third-order valence-electron chi connectivity index (χ3n) is 3.17. The topological polar surface area (TPSA) is 46.2 Å². The molecule has 0 saturated heterocycles. The van der Waals surface area contributed by atoms with Gasteiger partial charge in [-0.15, -0.1) is 0 Å². The smallest absolute Gasteiger partial charge is 0.216 e. The Morgan fingerprint density at radius 1 is 0.952 bits per heavy atom. The monoisotopic (exact) mass is 300 g/mol. The Hall–Kier alpha value is -1.70. The first kappa shape index (κ1) is 15.7. The van der Waals surface area contributed by atoms with Crippen molar-refractivity contribution in [1.29, 1.82) is 0 Å². The van der Waals surface area contributed by atoms with E-state index in [4.69, 9.17) is 0 Å². The van der Waals surface area contributed by atoms with Crippen molar-refractivity contribution in [1.82, 2.24) is 5.09 Å². The zero-order valence-electron chi connectivity index (χ0n) is 12.0. The van der Waals surface area contributed by atoms with Crippen LogP contribution in [0.5, 0.6) is 0 Å². The van der Waals surface area contributed by atoms with Crippen LogP contribution in [0, 0.1) is 0 Å². The fraction of sp³-hybridized carbons (Fsp3) is 0.235. The van der Waals surface area contributed by atoms with Crippen molar-refractivity contribution in [2.45, 2.75) is 25.3 Å². The van der Waals surface area contributed by atoms with Gasteiger partial charge in [0.2, 0.25) is 6.29 Å². The van der Waals surface area contributed by atoms with Crippen LogP contribution in [-0.4, -0.2) is 12.3 Å². The van der Waals surface area contributed by atoms with Crippen LogP contribution >= 0.6 is 7.29 Å². The molecule has 0 aliphatic heterocycles. The lowest BCUT2D eigenvalue weighted by Crippen LogP contribution is -2.25. The maximum Gasteiger partial charge on any atom is 0.216 e. The predicted molar refractivity (Wildman–Crippen MR) is 86.2 cm³/mol. The summed E-state index contributed by atoms with van der Waals surface area (Å²) >= 11 is 0. The molecule has 1 atom stereocenters. The van der Waals surface area contributed by atoms with Crippen molar-refractivity contribution in [2.24, 2.45) is 0 Å². The van der Waals surface area contributed by atoms with E-state index in [0.29, 0.717) is 12.3 Å². The molecule has 21 heavy (non-hydrogen) atoms. The van der Waals surface area contributed by atoms with E-state index in [1.807, 2.05) is 66.9 Å². The lowest BCUT2D eigenvalue weighted by molar-refractivity contribution is 0.531. The molecule has 0 aromatic heterocycles. The van der Waals surface area contributed by atoms with Gasteiger partial charge >= 0.3 is 0 Å². The highest BCUT2D eigenvalue weighted by molar-refractivity contribution is 7.60. The van der Waals surface area contributed by atoms with Crippen LogP contribution in [0.2, 0.25) is 0 Å². The Bertz CT molecular complexity index is 568. The molecule has 1 radical (unpaired) electrons. The Kier molecular flexibility index (Phi) is 5.49. The Labute approximate surface area is 125 Å². The van der Waals surface area contributed by atoms with E-state index >= 15 is 0 Å². The lowest BCUT2D eigenvalue weighted by atomic mass is 10.2. The molecule has 3 nitrogen and oxygen atoms in total. The van der Waals surface area contributed by atoms with Crippen molar-refractivity contribution in [3.8, 4) is 0 Å². The highest BCUT2D eigenvalue weighted by Gasteiger charge is 2.25. The molecule has 2 aromatic carbocycles. The maximum atomic E-state index is 13.2. The van der Waals surface area contributed by atoms with Gasteiger partial charge in [-0.1, -0.05) is 60.7 Å². The van der Waals surface area contributed by atoms with Gasteiger partial charge in [-0.05, 0) is 18.1 Å². The van der Waals surface area contributed by atoms with Gasteiger partial charge in [0, 0.05) is 12.3 Å². The number of benzene rings is 2. The van der Waals surface area contributed by atoms with Gasteiger partial charge in [-0.2, -0.15) is 0 Å². The van der Waals surface area contributed by atoms with E-state index in [1.54, 1.807) is 6.92 Å². The summed E-state index contributed by atoms with van der Waals surface area (Å²) in [5.74, 6) is 0. The average molecular weight is 300 g/mol. The first-order chi connectivity index (χ1) is 10.1. The highest BCUT2D eigenvalue weighted by Crippen LogP contribution is 2.48. The molecular weight excluding hydrogens is 281 g/mol. The first-order valence-electron chi connectivity index (χ1n) is 6.93. The largest absolute Gasteiger partial charge is 0.306 e. The van der Waals surface area contributed by atoms with E-state index in [0.717, 1.165) is 11.1 Å². The van der Waals surface area contributed by atoms with Crippen LogP contribution in [0.4, 0.5) is 0 Å². The first-order valence-corrected chi connectivity index (χ1v) is 9.00. The third kappa shape index (κ3) is 4.96. The van der Waals surface area contributed by atoms with Crippen LogP contribution in [-0.2, 0) is 21.7 Å². The molecule has 1 N–H and O–H groups in total. The van der Waals surface area contributed by atoms with Crippen LogP contribution in [0.3, 0.4) is 0 Å². The van der Waals surface area contributed by atoms with E-state index in [1.165, 1.54) is 0 Å². The third-order valence-corrected chi connectivity index (χ3v) is 5.78. The Morgan fingerprint density at radius 2 is 1.38 bits per heavy atom. The van der Waals surface area contributed by atoms with Gasteiger partial charge in [0.05, 0.1) is 6.04 Å². The number of nitrogens with one attached hydrogen (secondary N) is 1. The zero-order chi connectivity index (χ0) is 15.1. The van der Waals surface area contributed by atoms with Crippen LogP contribution in [0.1, 0.15) is 18.1 Å². The highest BCUT2D eigenvalue weighted by atomic mass is 31.2. The molecule has 2 aromatic rings. The summed E-state index contributed by atoms with van der Waals surface area (Å²) in [7, 11) is -2.75. The molecule has 0 fully saturated rings. The Morgan fingerprint density at radius 3 is 1.76 bits per heavy atom. The quantitative estimate of drug-likeness (QED) is 0.792. The Balaban J connectivity index is 2.21. The number of hydrogen-bond acceptors (Lipinski definition) is 2. The van der Waals surface area contributed by atoms with E-state index in [2.05, 4.69) is 5.09 Å². The number of hydrogen-bond donors (Lipinski definition) is 1. The summed E-state index contributed by atoms with van der Waals surface area (Å²) in [6, 6.07) is 18.8. The SMILES string of the molecule is C[C@@H]([C]=O)NP(=O)(Cc1ccccc1)Cc1ccccc1. The molecule has 109 valence electrons.